The number of benzene rings is 1. The molecule has 0 radical (unpaired) electrons. The van der Waals surface area contributed by atoms with Crippen molar-refractivity contribution in [2.24, 2.45) is 0 Å². The molecule has 0 spiro atoms. The van der Waals surface area contributed by atoms with E-state index < -0.39 is 6.04 Å². The predicted molar refractivity (Wildman–Crippen MR) is 113 cm³/mol. The van der Waals surface area contributed by atoms with Crippen molar-refractivity contribution in [1.29, 1.82) is 0 Å². The lowest BCUT2D eigenvalue weighted by atomic mass is 9.97. The average Bonchev–Trinajstić information content (AvgIpc) is 3.19. The van der Waals surface area contributed by atoms with Crippen molar-refractivity contribution in [2.45, 2.75) is 19.4 Å². The summed E-state index contributed by atoms with van der Waals surface area (Å²) in [4.78, 5) is 35.1. The van der Waals surface area contributed by atoms with Gasteiger partial charge in [-0.05, 0) is 44.8 Å². The van der Waals surface area contributed by atoms with E-state index in [-0.39, 0.29) is 11.8 Å². The summed E-state index contributed by atoms with van der Waals surface area (Å²) >= 11 is 1.62. The lowest BCUT2D eigenvalue weighted by Gasteiger charge is -2.35. The Bertz CT molecular complexity index is 1000. The van der Waals surface area contributed by atoms with Crippen LogP contribution in [0.5, 0.6) is 0 Å². The van der Waals surface area contributed by atoms with E-state index in [0.29, 0.717) is 18.7 Å². The van der Waals surface area contributed by atoms with Crippen molar-refractivity contribution in [3.05, 3.63) is 52.5 Å². The van der Waals surface area contributed by atoms with E-state index in [4.69, 9.17) is 0 Å². The van der Waals surface area contributed by atoms with Gasteiger partial charge in [-0.15, -0.1) is 11.3 Å². The van der Waals surface area contributed by atoms with Crippen LogP contribution in [0.15, 0.2) is 36.4 Å². The summed E-state index contributed by atoms with van der Waals surface area (Å²) in [5.74, 6) is -0.301. The number of aromatic nitrogens is 1. The number of anilines is 1. The molecular weight excluding hydrogens is 372 g/mol. The van der Waals surface area contributed by atoms with Crippen molar-refractivity contribution in [2.75, 3.05) is 32.1 Å². The number of nitrogens with zero attached hydrogens (tertiary/aromatic N) is 2. The number of nitrogens with one attached hydrogen (secondary N) is 2. The molecule has 0 saturated carbocycles. The minimum Gasteiger partial charge on any atom is -0.342 e. The largest absolute Gasteiger partial charge is 0.342 e. The zero-order chi connectivity index (χ0) is 19.8. The van der Waals surface area contributed by atoms with Crippen molar-refractivity contribution in [3.8, 4) is 0 Å². The molecule has 2 amide bonds. The van der Waals surface area contributed by atoms with Crippen LogP contribution >= 0.6 is 11.3 Å². The highest BCUT2D eigenvalue weighted by Crippen LogP contribution is 2.28. The number of aromatic amines is 1. The van der Waals surface area contributed by atoms with E-state index in [2.05, 4.69) is 16.4 Å². The van der Waals surface area contributed by atoms with Gasteiger partial charge < -0.3 is 20.1 Å². The number of thiophene rings is 1. The molecule has 7 heteroatoms. The number of carbonyl (C=O) groups excluding carboxylic acids is 2. The number of para-hydroxylation sites is 1. The highest BCUT2D eigenvalue weighted by Gasteiger charge is 2.33. The molecule has 28 heavy (non-hydrogen) atoms. The molecule has 6 nitrogen and oxygen atoms in total. The number of likely N-dealkylation sites (N-methyl/N-ethyl adjacent to an activating group) is 1. The third kappa shape index (κ3) is 3.55. The second-order valence-corrected chi connectivity index (χ2v) is 8.73. The minimum atomic E-state index is -0.562. The van der Waals surface area contributed by atoms with Gasteiger partial charge in [-0.1, -0.05) is 18.2 Å². The molecule has 1 unspecified atom stereocenters. The predicted octanol–water partition coefficient (Wildman–Crippen LogP) is 2.79. The topological polar surface area (TPSA) is 68.4 Å². The Balaban J connectivity index is 1.55. The summed E-state index contributed by atoms with van der Waals surface area (Å²) in [6.45, 7) is 3.39. The number of hydrogen-bond donors (Lipinski definition) is 2. The van der Waals surface area contributed by atoms with Gasteiger partial charge in [-0.2, -0.15) is 0 Å². The summed E-state index contributed by atoms with van der Waals surface area (Å²) in [5.41, 5.74) is 2.51. The van der Waals surface area contributed by atoms with Crippen LogP contribution in [0.3, 0.4) is 0 Å². The second-order valence-electron chi connectivity index (χ2n) is 7.48. The van der Waals surface area contributed by atoms with E-state index in [1.165, 1.54) is 4.88 Å². The van der Waals surface area contributed by atoms with Gasteiger partial charge >= 0.3 is 0 Å². The Morgan fingerprint density at radius 3 is 2.86 bits per heavy atom. The molecule has 2 aromatic heterocycles. The minimum absolute atomic E-state index is 0.0573. The van der Waals surface area contributed by atoms with E-state index in [1.807, 2.05) is 56.3 Å². The van der Waals surface area contributed by atoms with E-state index in [0.717, 1.165) is 28.0 Å². The molecule has 0 fully saturated rings. The first-order valence-electron chi connectivity index (χ1n) is 9.36. The summed E-state index contributed by atoms with van der Waals surface area (Å²) in [7, 11) is 3.97. The van der Waals surface area contributed by atoms with Crippen LogP contribution in [-0.4, -0.2) is 54.9 Å². The molecule has 1 aliphatic rings. The van der Waals surface area contributed by atoms with Crippen LogP contribution in [0.1, 0.15) is 20.9 Å². The quantitative estimate of drug-likeness (QED) is 0.697. The van der Waals surface area contributed by atoms with Crippen LogP contribution in [0, 0.1) is 6.92 Å². The molecule has 2 N–H and O–H groups in total. The van der Waals surface area contributed by atoms with Crippen molar-refractivity contribution < 1.29 is 9.59 Å². The number of aryl methyl sites for hydroxylation is 1. The highest BCUT2D eigenvalue weighted by molar-refractivity contribution is 7.18. The van der Waals surface area contributed by atoms with Crippen LogP contribution in [0.25, 0.3) is 10.2 Å². The highest BCUT2D eigenvalue weighted by atomic mass is 32.1. The maximum absolute atomic E-state index is 13.1. The average molecular weight is 397 g/mol. The zero-order valence-corrected chi connectivity index (χ0v) is 17.1. The molecule has 0 aliphatic carbocycles. The zero-order valence-electron chi connectivity index (χ0n) is 16.3. The molecule has 4 rings (SSSR count). The Kier molecular flexibility index (Phi) is 4.95. The number of H-pyrrole nitrogens is 1. The van der Waals surface area contributed by atoms with Gasteiger partial charge in [0.2, 0.25) is 5.91 Å². The number of carbonyl (C=O) groups is 2. The van der Waals surface area contributed by atoms with Gasteiger partial charge in [-0.3, -0.25) is 9.59 Å². The third-order valence-electron chi connectivity index (χ3n) is 5.02. The van der Waals surface area contributed by atoms with Gasteiger partial charge in [0.1, 0.15) is 16.6 Å². The van der Waals surface area contributed by atoms with Crippen molar-refractivity contribution in [3.63, 3.8) is 0 Å². The number of fused-ring (bicyclic) bond motifs is 2. The first-order valence-corrected chi connectivity index (χ1v) is 10.2. The van der Waals surface area contributed by atoms with Crippen LogP contribution in [0.4, 0.5) is 5.69 Å². The second kappa shape index (κ2) is 7.41. The van der Waals surface area contributed by atoms with Crippen LogP contribution < -0.4 is 10.2 Å². The first-order chi connectivity index (χ1) is 13.4. The summed E-state index contributed by atoms with van der Waals surface area (Å²) in [6, 6.07) is 11.3. The Morgan fingerprint density at radius 1 is 1.32 bits per heavy atom. The maximum atomic E-state index is 13.1. The number of rotatable bonds is 5. The Morgan fingerprint density at radius 2 is 2.11 bits per heavy atom. The molecule has 1 aliphatic heterocycles. The number of amides is 2. The first kappa shape index (κ1) is 18.7. The molecule has 0 saturated heterocycles. The lowest BCUT2D eigenvalue weighted by Crippen LogP contribution is -2.54. The van der Waals surface area contributed by atoms with Gasteiger partial charge in [0.05, 0.1) is 0 Å². The summed E-state index contributed by atoms with van der Waals surface area (Å²) in [5, 5.41) is 3.97. The summed E-state index contributed by atoms with van der Waals surface area (Å²) < 4.78 is 0. The fourth-order valence-electron chi connectivity index (χ4n) is 3.62. The van der Waals surface area contributed by atoms with Crippen LogP contribution in [-0.2, 0) is 11.2 Å². The maximum Gasteiger partial charge on any atom is 0.268 e. The van der Waals surface area contributed by atoms with Crippen molar-refractivity contribution >= 4 is 39.1 Å². The van der Waals surface area contributed by atoms with Crippen molar-refractivity contribution in [1.82, 2.24) is 15.2 Å². The molecular formula is C21H24N4O2S. The smallest absolute Gasteiger partial charge is 0.268 e. The van der Waals surface area contributed by atoms with Crippen LogP contribution in [0.2, 0.25) is 0 Å². The Hall–Kier alpha value is -2.64. The standard InChI is InChI=1S/C21H24N4O2S/c1-13-10-15-12-16(23-20(15)28-13)19(26)22-17-11-14-6-4-5-7-18(14)25(21(17)27)9-8-24(2)3/h4-7,10,12,17,23H,8-9,11H2,1-3H3,(H,22,26). The third-order valence-corrected chi connectivity index (χ3v) is 6.01. The van der Waals surface area contributed by atoms with E-state index >= 15 is 0 Å². The summed E-state index contributed by atoms with van der Waals surface area (Å²) in [6.07, 6.45) is 0.507. The normalized spacial score (nSPS) is 16.6. The van der Waals surface area contributed by atoms with Gasteiger partial charge in [0, 0.05) is 35.5 Å². The van der Waals surface area contributed by atoms with Gasteiger partial charge in [-0.25, -0.2) is 0 Å². The SMILES string of the molecule is Cc1cc2cc(C(=O)NC3Cc4ccccc4N(CCN(C)C)C3=O)[nH]c2s1. The molecule has 3 heterocycles. The molecule has 1 aromatic carbocycles. The Labute approximate surface area is 168 Å². The van der Waals surface area contributed by atoms with E-state index in [9.17, 15) is 9.59 Å². The number of hydrogen-bond acceptors (Lipinski definition) is 4. The van der Waals surface area contributed by atoms with E-state index in [1.54, 1.807) is 16.2 Å². The molecule has 146 valence electrons. The van der Waals surface area contributed by atoms with Gasteiger partial charge in [0.25, 0.3) is 5.91 Å². The molecule has 3 aromatic rings. The molecule has 0 bridgehead atoms. The fraction of sp³-hybridized carbons (Fsp3) is 0.333. The monoisotopic (exact) mass is 396 g/mol. The van der Waals surface area contributed by atoms with Gasteiger partial charge in [0.15, 0.2) is 0 Å². The lowest BCUT2D eigenvalue weighted by molar-refractivity contribution is -0.120. The fourth-order valence-corrected chi connectivity index (χ4v) is 4.52. The molecule has 1 atom stereocenters.